The Morgan fingerprint density at radius 1 is 1.50 bits per heavy atom. The van der Waals surface area contributed by atoms with Crippen molar-refractivity contribution in [2.45, 2.75) is 12.5 Å². The van der Waals surface area contributed by atoms with Gasteiger partial charge >= 0.3 is 0 Å². The average Bonchev–Trinajstić information content (AvgIpc) is 2.72. The predicted octanol–water partition coefficient (Wildman–Crippen LogP) is 2.71. The fourth-order valence-electron chi connectivity index (χ4n) is 2.14. The van der Waals surface area contributed by atoms with Gasteiger partial charge in [-0.15, -0.1) is 0 Å². The molecule has 6 heteroatoms. The molecule has 1 atom stereocenters. The van der Waals surface area contributed by atoms with Gasteiger partial charge in [0, 0.05) is 36.6 Å². The first-order valence-electron chi connectivity index (χ1n) is 5.87. The molecule has 1 unspecified atom stereocenters. The summed E-state index contributed by atoms with van der Waals surface area (Å²) in [6.07, 6.45) is 0.862. The lowest BCUT2D eigenvalue weighted by Gasteiger charge is -2.21. The number of hydrogen-bond acceptors (Lipinski definition) is 3. The minimum absolute atomic E-state index is 0.260. The number of halogens is 2. The van der Waals surface area contributed by atoms with E-state index in [1.54, 1.807) is 6.07 Å². The van der Waals surface area contributed by atoms with E-state index in [1.165, 1.54) is 11.8 Å². The van der Waals surface area contributed by atoms with Crippen molar-refractivity contribution in [1.29, 1.82) is 0 Å². The van der Waals surface area contributed by atoms with Crippen LogP contribution >= 0.6 is 27.7 Å². The van der Waals surface area contributed by atoms with Gasteiger partial charge in [-0.3, -0.25) is 0 Å². The van der Waals surface area contributed by atoms with Gasteiger partial charge in [0.25, 0.3) is 0 Å². The summed E-state index contributed by atoms with van der Waals surface area (Å²) < 4.78 is 13.9. The van der Waals surface area contributed by atoms with Crippen LogP contribution in [0.2, 0.25) is 0 Å². The molecule has 2 heterocycles. The number of aromatic nitrogens is 2. The second-order valence-electron chi connectivity index (χ2n) is 4.40. The minimum atomic E-state index is -0.260. The van der Waals surface area contributed by atoms with E-state index in [2.05, 4.69) is 31.2 Å². The van der Waals surface area contributed by atoms with Crippen molar-refractivity contribution < 1.29 is 4.39 Å². The molecule has 2 aromatic rings. The third kappa shape index (κ3) is 2.55. The Labute approximate surface area is 117 Å². The van der Waals surface area contributed by atoms with Crippen LogP contribution in [0, 0.1) is 5.82 Å². The molecule has 0 saturated carbocycles. The Kier molecular flexibility index (Phi) is 3.59. The van der Waals surface area contributed by atoms with Crippen molar-refractivity contribution in [2.24, 2.45) is 0 Å². The first-order chi connectivity index (χ1) is 8.72. The number of benzene rings is 1. The van der Waals surface area contributed by atoms with E-state index in [0.717, 1.165) is 35.6 Å². The fourth-order valence-corrected chi connectivity index (χ4v) is 3.42. The van der Waals surface area contributed by atoms with Crippen LogP contribution in [0.1, 0.15) is 5.82 Å². The molecule has 1 aliphatic heterocycles. The number of thioether (sulfide) groups is 1. The maximum atomic E-state index is 13.4. The second kappa shape index (κ2) is 5.19. The van der Waals surface area contributed by atoms with Crippen LogP contribution in [-0.2, 0) is 6.42 Å². The van der Waals surface area contributed by atoms with E-state index in [-0.39, 0.29) is 5.82 Å². The zero-order valence-corrected chi connectivity index (χ0v) is 12.1. The summed E-state index contributed by atoms with van der Waals surface area (Å²) in [5.41, 5.74) is 1.57. The van der Waals surface area contributed by atoms with E-state index in [9.17, 15) is 4.39 Å². The first-order valence-corrected chi connectivity index (χ1v) is 7.82. The van der Waals surface area contributed by atoms with Crippen molar-refractivity contribution in [2.75, 3.05) is 18.1 Å². The monoisotopic (exact) mass is 329 g/mol. The summed E-state index contributed by atoms with van der Waals surface area (Å²) >= 11 is 5.14. The normalized spacial score (nSPS) is 20.4. The zero-order chi connectivity index (χ0) is 12.5. The quantitative estimate of drug-likeness (QED) is 0.890. The van der Waals surface area contributed by atoms with Crippen LogP contribution in [0.4, 0.5) is 4.39 Å². The highest BCUT2D eigenvalue weighted by Gasteiger charge is 2.15. The number of nitrogens with one attached hydrogen (secondary N) is 2. The summed E-state index contributed by atoms with van der Waals surface area (Å²) in [6, 6.07) is 3.66. The molecule has 0 amide bonds. The maximum absolute atomic E-state index is 13.4. The van der Waals surface area contributed by atoms with Crippen LogP contribution in [0.25, 0.3) is 11.0 Å². The molecule has 1 aliphatic rings. The summed E-state index contributed by atoms with van der Waals surface area (Å²) in [6.45, 7) is 1.05. The minimum Gasteiger partial charge on any atom is -0.342 e. The van der Waals surface area contributed by atoms with Gasteiger partial charge in [-0.05, 0) is 22.0 Å². The molecule has 0 bridgehead atoms. The number of fused-ring (bicyclic) bond motifs is 1. The van der Waals surface area contributed by atoms with Gasteiger partial charge in [-0.1, -0.05) is 0 Å². The lowest BCUT2D eigenvalue weighted by Crippen LogP contribution is -2.39. The van der Waals surface area contributed by atoms with E-state index >= 15 is 0 Å². The van der Waals surface area contributed by atoms with E-state index < -0.39 is 0 Å². The number of nitrogens with zero attached hydrogens (tertiary/aromatic N) is 1. The highest BCUT2D eigenvalue weighted by Crippen LogP contribution is 2.22. The molecule has 3 nitrogen and oxygen atoms in total. The van der Waals surface area contributed by atoms with E-state index in [1.807, 2.05) is 11.8 Å². The van der Waals surface area contributed by atoms with Gasteiger partial charge in [-0.25, -0.2) is 9.37 Å². The molecular formula is C12H13BrFN3S. The van der Waals surface area contributed by atoms with Crippen molar-refractivity contribution in [3.05, 3.63) is 28.2 Å². The third-order valence-corrected chi connectivity index (χ3v) is 4.75. The predicted molar refractivity (Wildman–Crippen MR) is 76.6 cm³/mol. The van der Waals surface area contributed by atoms with Crippen LogP contribution in [0.3, 0.4) is 0 Å². The molecule has 0 spiro atoms. The smallest absolute Gasteiger partial charge is 0.139 e. The van der Waals surface area contributed by atoms with Gasteiger partial charge in [0.05, 0.1) is 15.5 Å². The van der Waals surface area contributed by atoms with Crippen molar-refractivity contribution in [1.82, 2.24) is 15.3 Å². The summed E-state index contributed by atoms with van der Waals surface area (Å²) in [5, 5.41) is 3.47. The number of aromatic amines is 1. The molecule has 1 saturated heterocycles. The lowest BCUT2D eigenvalue weighted by atomic mass is 10.2. The lowest BCUT2D eigenvalue weighted by molar-refractivity contribution is 0.553. The van der Waals surface area contributed by atoms with E-state index in [4.69, 9.17) is 0 Å². The largest absolute Gasteiger partial charge is 0.342 e. The standard InChI is InChI=1S/C12H13BrFN3S/c13-8-4-10-11(5-9(8)14)17-12(16-10)3-7-6-18-2-1-15-7/h4-5,7,15H,1-3,6H2,(H,16,17). The Balaban J connectivity index is 1.84. The maximum Gasteiger partial charge on any atom is 0.139 e. The van der Waals surface area contributed by atoms with Gasteiger partial charge in [0.15, 0.2) is 0 Å². The first kappa shape index (κ1) is 12.4. The molecule has 0 aliphatic carbocycles. The number of rotatable bonds is 2. The Morgan fingerprint density at radius 2 is 2.39 bits per heavy atom. The van der Waals surface area contributed by atoms with Crippen molar-refractivity contribution >= 4 is 38.7 Å². The molecule has 0 radical (unpaired) electrons. The zero-order valence-electron chi connectivity index (χ0n) is 9.67. The summed E-state index contributed by atoms with van der Waals surface area (Å²) in [5.74, 6) is 2.94. The third-order valence-electron chi connectivity index (χ3n) is 3.01. The number of hydrogen-bond donors (Lipinski definition) is 2. The number of H-pyrrole nitrogens is 1. The van der Waals surface area contributed by atoms with Gasteiger partial charge < -0.3 is 10.3 Å². The van der Waals surface area contributed by atoms with Gasteiger partial charge in [0.1, 0.15) is 11.6 Å². The SMILES string of the molecule is Fc1cc2[nH]c(CC3CSCCN3)nc2cc1Br. The topological polar surface area (TPSA) is 40.7 Å². The Hall–Kier alpha value is -0.590. The van der Waals surface area contributed by atoms with Crippen LogP contribution < -0.4 is 5.32 Å². The molecule has 1 aromatic carbocycles. The van der Waals surface area contributed by atoms with Crippen molar-refractivity contribution in [3.8, 4) is 0 Å². The van der Waals surface area contributed by atoms with E-state index in [0.29, 0.717) is 10.5 Å². The molecule has 18 heavy (non-hydrogen) atoms. The molecule has 3 rings (SSSR count). The highest BCUT2D eigenvalue weighted by molar-refractivity contribution is 9.10. The van der Waals surface area contributed by atoms with Crippen LogP contribution in [0.15, 0.2) is 16.6 Å². The molecule has 1 aromatic heterocycles. The van der Waals surface area contributed by atoms with Crippen LogP contribution in [0.5, 0.6) is 0 Å². The molecule has 96 valence electrons. The van der Waals surface area contributed by atoms with Gasteiger partial charge in [0.2, 0.25) is 0 Å². The summed E-state index contributed by atoms with van der Waals surface area (Å²) in [4.78, 5) is 7.70. The van der Waals surface area contributed by atoms with Crippen molar-refractivity contribution in [3.63, 3.8) is 0 Å². The molecule has 2 N–H and O–H groups in total. The molecule has 1 fully saturated rings. The fraction of sp³-hybridized carbons (Fsp3) is 0.417. The summed E-state index contributed by atoms with van der Waals surface area (Å²) in [7, 11) is 0. The molecular weight excluding hydrogens is 317 g/mol. The Morgan fingerprint density at radius 3 is 3.17 bits per heavy atom. The second-order valence-corrected chi connectivity index (χ2v) is 6.40. The number of imidazole rings is 1. The van der Waals surface area contributed by atoms with Crippen LogP contribution in [-0.4, -0.2) is 34.1 Å². The highest BCUT2D eigenvalue weighted by atomic mass is 79.9. The van der Waals surface area contributed by atoms with Gasteiger partial charge in [-0.2, -0.15) is 11.8 Å². The Bertz CT molecular complexity index is 527. The average molecular weight is 330 g/mol.